The molecule has 0 saturated heterocycles. The molecule has 0 bridgehead atoms. The van der Waals surface area contributed by atoms with E-state index < -0.39 is 0 Å². The molecule has 0 spiro atoms. The molecular weight excluding hydrogens is 250 g/mol. The third-order valence-electron chi connectivity index (χ3n) is 4.11. The normalized spacial score (nSPS) is 20.5. The first kappa shape index (κ1) is 11.8. The fraction of sp³-hybridized carbons (Fsp3) is 0.353. The van der Waals surface area contributed by atoms with Gasteiger partial charge in [-0.05, 0) is 30.5 Å². The third-order valence-corrected chi connectivity index (χ3v) is 4.11. The summed E-state index contributed by atoms with van der Waals surface area (Å²) >= 11 is 0. The quantitative estimate of drug-likeness (QED) is 0.797. The van der Waals surface area contributed by atoms with Crippen molar-refractivity contribution in [1.29, 1.82) is 0 Å². The summed E-state index contributed by atoms with van der Waals surface area (Å²) in [4.78, 5) is 12.0. The number of Topliss-reactive ketones (excluding diaryl/α,β-unsaturated/α-hetero) is 1. The van der Waals surface area contributed by atoms with Crippen LogP contribution in [0.15, 0.2) is 42.7 Å². The van der Waals surface area contributed by atoms with Crippen molar-refractivity contribution in [3.8, 4) is 5.75 Å². The molecule has 1 saturated carbocycles. The van der Waals surface area contributed by atoms with E-state index in [9.17, 15) is 4.79 Å². The van der Waals surface area contributed by atoms with E-state index in [1.54, 1.807) is 0 Å². The van der Waals surface area contributed by atoms with Crippen molar-refractivity contribution in [1.82, 2.24) is 4.57 Å². The van der Waals surface area contributed by atoms with Crippen LogP contribution in [-0.2, 0) is 13.0 Å². The van der Waals surface area contributed by atoms with Crippen molar-refractivity contribution in [3.63, 3.8) is 0 Å². The van der Waals surface area contributed by atoms with Gasteiger partial charge in [-0.1, -0.05) is 18.2 Å². The van der Waals surface area contributed by atoms with Crippen LogP contribution >= 0.6 is 0 Å². The Kier molecular flexibility index (Phi) is 2.66. The Hall–Kier alpha value is -2.03. The third kappa shape index (κ3) is 2.13. The summed E-state index contributed by atoms with van der Waals surface area (Å²) in [6.07, 6.45) is 7.19. The molecule has 1 aromatic carbocycles. The number of carbonyl (C=O) groups is 1. The van der Waals surface area contributed by atoms with Gasteiger partial charge >= 0.3 is 0 Å². The molecule has 1 aliphatic heterocycles. The van der Waals surface area contributed by atoms with Crippen LogP contribution in [-0.4, -0.2) is 16.5 Å². The molecule has 1 unspecified atom stereocenters. The van der Waals surface area contributed by atoms with E-state index in [2.05, 4.69) is 10.6 Å². The Morgan fingerprint density at radius 2 is 2.10 bits per heavy atom. The summed E-state index contributed by atoms with van der Waals surface area (Å²) < 4.78 is 8.01. The summed E-state index contributed by atoms with van der Waals surface area (Å²) in [5.41, 5.74) is 2.13. The van der Waals surface area contributed by atoms with Gasteiger partial charge in [0.25, 0.3) is 0 Å². The summed E-state index contributed by atoms with van der Waals surface area (Å²) in [6.45, 7) is 0.798. The fourth-order valence-electron chi connectivity index (χ4n) is 2.87. The number of benzene rings is 1. The predicted octanol–water partition coefficient (Wildman–Crippen LogP) is 3.08. The lowest BCUT2D eigenvalue weighted by molar-refractivity contribution is 0.0967. The first-order chi connectivity index (χ1) is 9.79. The van der Waals surface area contributed by atoms with E-state index in [0.717, 1.165) is 37.1 Å². The molecule has 20 heavy (non-hydrogen) atoms. The second-order valence-corrected chi connectivity index (χ2v) is 5.79. The first-order valence-corrected chi connectivity index (χ1v) is 7.24. The molecule has 0 N–H and O–H groups in total. The minimum absolute atomic E-state index is 0.170. The summed E-state index contributed by atoms with van der Waals surface area (Å²) in [5, 5.41) is 0. The number of rotatable bonds is 4. The largest absolute Gasteiger partial charge is 0.488 e. The van der Waals surface area contributed by atoms with Crippen LogP contribution in [0.25, 0.3) is 0 Å². The zero-order chi connectivity index (χ0) is 13.5. The zero-order valence-corrected chi connectivity index (χ0v) is 11.3. The highest BCUT2D eigenvalue weighted by molar-refractivity contribution is 5.99. The Morgan fingerprint density at radius 1 is 1.25 bits per heavy atom. The molecule has 0 radical (unpaired) electrons. The Bertz CT molecular complexity index is 630. The van der Waals surface area contributed by atoms with E-state index in [4.69, 9.17) is 4.74 Å². The highest BCUT2D eigenvalue weighted by Crippen LogP contribution is 2.33. The molecule has 1 fully saturated rings. The van der Waals surface area contributed by atoms with Crippen LogP contribution in [0.1, 0.15) is 28.8 Å². The van der Waals surface area contributed by atoms with Crippen molar-refractivity contribution >= 4 is 5.78 Å². The standard InChI is InChI=1S/C17H17NO2/c19-17(12-5-6-12)14-7-8-18(10-14)11-15-9-13-3-1-2-4-16(13)20-15/h1-4,7-8,10,12,15H,5-6,9,11H2. The molecule has 3 nitrogen and oxygen atoms in total. The van der Waals surface area contributed by atoms with Crippen molar-refractivity contribution in [2.75, 3.05) is 0 Å². The van der Waals surface area contributed by atoms with Gasteiger partial charge in [0.2, 0.25) is 0 Å². The average Bonchev–Trinajstić information content (AvgIpc) is 3.07. The molecule has 2 heterocycles. The van der Waals surface area contributed by atoms with Crippen molar-refractivity contribution in [2.24, 2.45) is 5.92 Å². The maximum absolute atomic E-state index is 12.0. The molecule has 3 heteroatoms. The van der Waals surface area contributed by atoms with E-state index in [-0.39, 0.29) is 12.0 Å². The second kappa shape index (κ2) is 4.51. The average molecular weight is 267 g/mol. The zero-order valence-electron chi connectivity index (χ0n) is 11.3. The molecular formula is C17H17NO2. The maximum atomic E-state index is 12.0. The van der Waals surface area contributed by atoms with Gasteiger partial charge in [-0.15, -0.1) is 0 Å². The molecule has 102 valence electrons. The summed E-state index contributed by atoms with van der Waals surface area (Å²) in [7, 11) is 0. The van der Waals surface area contributed by atoms with Crippen LogP contribution in [0.5, 0.6) is 5.75 Å². The number of carbonyl (C=O) groups excluding carboxylic acids is 1. The van der Waals surface area contributed by atoms with Gasteiger partial charge in [0.15, 0.2) is 5.78 Å². The van der Waals surface area contributed by atoms with Crippen molar-refractivity contribution in [2.45, 2.75) is 31.9 Å². The minimum Gasteiger partial charge on any atom is -0.488 e. The number of fused-ring (bicyclic) bond motifs is 1. The molecule has 1 aromatic heterocycles. The van der Waals surface area contributed by atoms with E-state index in [0.29, 0.717) is 5.78 Å². The number of hydrogen-bond acceptors (Lipinski definition) is 2. The molecule has 2 aliphatic rings. The molecule has 0 amide bonds. The van der Waals surface area contributed by atoms with Crippen LogP contribution in [0.3, 0.4) is 0 Å². The highest BCUT2D eigenvalue weighted by atomic mass is 16.5. The SMILES string of the molecule is O=C(c1ccn(CC2Cc3ccccc3O2)c1)C1CC1. The summed E-state index contributed by atoms with van der Waals surface area (Å²) in [5.74, 6) is 1.59. The Balaban J connectivity index is 1.44. The van der Waals surface area contributed by atoms with Gasteiger partial charge in [0.1, 0.15) is 11.9 Å². The van der Waals surface area contributed by atoms with E-state index >= 15 is 0 Å². The molecule has 2 aromatic rings. The maximum Gasteiger partial charge on any atom is 0.167 e. The van der Waals surface area contributed by atoms with Crippen LogP contribution in [0.2, 0.25) is 0 Å². The lowest BCUT2D eigenvalue weighted by atomic mass is 10.1. The Morgan fingerprint density at radius 3 is 2.90 bits per heavy atom. The van der Waals surface area contributed by atoms with Gasteiger partial charge in [-0.3, -0.25) is 4.79 Å². The predicted molar refractivity (Wildman–Crippen MR) is 76.0 cm³/mol. The lowest BCUT2D eigenvalue weighted by Crippen LogP contribution is -2.19. The topological polar surface area (TPSA) is 31.2 Å². The van der Waals surface area contributed by atoms with Crippen molar-refractivity contribution < 1.29 is 9.53 Å². The lowest BCUT2D eigenvalue weighted by Gasteiger charge is -2.11. The van der Waals surface area contributed by atoms with E-state index in [1.807, 2.05) is 36.7 Å². The number of hydrogen-bond donors (Lipinski definition) is 0. The van der Waals surface area contributed by atoms with Gasteiger partial charge in [0, 0.05) is 30.3 Å². The number of nitrogens with zero attached hydrogens (tertiary/aromatic N) is 1. The van der Waals surface area contributed by atoms with Crippen molar-refractivity contribution in [3.05, 3.63) is 53.9 Å². The fourth-order valence-corrected chi connectivity index (χ4v) is 2.87. The minimum atomic E-state index is 0.170. The molecule has 1 aliphatic carbocycles. The second-order valence-electron chi connectivity index (χ2n) is 5.79. The van der Waals surface area contributed by atoms with Gasteiger partial charge in [0.05, 0.1) is 6.54 Å². The van der Waals surface area contributed by atoms with Gasteiger partial charge in [-0.2, -0.15) is 0 Å². The van der Waals surface area contributed by atoms with Crippen LogP contribution in [0, 0.1) is 5.92 Å². The van der Waals surface area contributed by atoms with Gasteiger partial charge in [-0.25, -0.2) is 0 Å². The monoisotopic (exact) mass is 267 g/mol. The number of aromatic nitrogens is 1. The number of para-hydroxylation sites is 1. The summed E-state index contributed by atoms with van der Waals surface area (Å²) in [6, 6.07) is 10.1. The molecule has 1 atom stereocenters. The van der Waals surface area contributed by atoms with E-state index in [1.165, 1.54) is 5.56 Å². The highest BCUT2D eigenvalue weighted by Gasteiger charge is 2.31. The number of ketones is 1. The molecule has 4 rings (SSSR count). The number of ether oxygens (including phenoxy) is 1. The Labute approximate surface area is 118 Å². The van der Waals surface area contributed by atoms with Crippen LogP contribution < -0.4 is 4.74 Å². The first-order valence-electron chi connectivity index (χ1n) is 7.24. The smallest absolute Gasteiger partial charge is 0.167 e. The van der Waals surface area contributed by atoms with Crippen LogP contribution in [0.4, 0.5) is 0 Å². The van der Waals surface area contributed by atoms with Gasteiger partial charge < -0.3 is 9.30 Å².